The van der Waals surface area contributed by atoms with Crippen molar-refractivity contribution in [3.63, 3.8) is 0 Å². The van der Waals surface area contributed by atoms with E-state index in [1.807, 2.05) is 13.8 Å². The van der Waals surface area contributed by atoms with Gasteiger partial charge in [-0.05, 0) is 19.0 Å². The van der Waals surface area contributed by atoms with E-state index < -0.39 is 10.0 Å². The normalized spacial score (nSPS) is 13.5. The molecule has 0 aromatic rings. The summed E-state index contributed by atoms with van der Waals surface area (Å²) >= 11 is 0. The number of hydrogen-bond donors (Lipinski definition) is 2. The first-order chi connectivity index (χ1) is 4.83. The number of hydrogen-bond acceptors (Lipinski definition) is 3. The maximum atomic E-state index is 11.0. The lowest BCUT2D eigenvalue weighted by Gasteiger charge is -2.21. The van der Waals surface area contributed by atoms with Crippen LogP contribution in [0.25, 0.3) is 0 Å². The molecule has 0 saturated carbocycles. The molecule has 0 heterocycles. The van der Waals surface area contributed by atoms with Gasteiger partial charge in [0.1, 0.15) is 0 Å². The van der Waals surface area contributed by atoms with Gasteiger partial charge in [-0.3, -0.25) is 0 Å². The summed E-state index contributed by atoms with van der Waals surface area (Å²) in [5, 5.41) is 0. The van der Waals surface area contributed by atoms with Gasteiger partial charge in [0, 0.05) is 0 Å². The molecule has 0 bridgehead atoms. The van der Waals surface area contributed by atoms with Crippen LogP contribution in [0.3, 0.4) is 0 Å². The van der Waals surface area contributed by atoms with Crippen molar-refractivity contribution in [2.24, 2.45) is 11.1 Å². The second-order valence-corrected chi connectivity index (χ2v) is 5.26. The molecule has 0 aromatic carbocycles. The van der Waals surface area contributed by atoms with Crippen molar-refractivity contribution in [2.75, 3.05) is 19.3 Å². The number of rotatable bonds is 4. The molecule has 0 amide bonds. The molecule has 0 aliphatic carbocycles. The Bertz CT molecular complexity index is 209. The van der Waals surface area contributed by atoms with Gasteiger partial charge in [-0.2, -0.15) is 0 Å². The number of sulfonamides is 1. The van der Waals surface area contributed by atoms with Crippen molar-refractivity contribution in [3.8, 4) is 0 Å². The van der Waals surface area contributed by atoms with Crippen LogP contribution >= 0.6 is 0 Å². The highest BCUT2D eigenvalue weighted by molar-refractivity contribution is 7.89. The van der Waals surface area contributed by atoms with Crippen LogP contribution in [0.1, 0.15) is 13.8 Å². The summed E-state index contributed by atoms with van der Waals surface area (Å²) in [7, 11) is -1.71. The molecule has 0 saturated heterocycles. The second kappa shape index (κ2) is 3.51. The standard InChI is InChI=1S/C6H16N2O2S/c1-6(2,4-7)5-11(9,10)8-3/h8H,4-5,7H2,1-3H3. The minimum Gasteiger partial charge on any atom is -0.330 e. The molecule has 0 aliphatic heterocycles. The van der Waals surface area contributed by atoms with Gasteiger partial charge < -0.3 is 5.73 Å². The van der Waals surface area contributed by atoms with Gasteiger partial charge in [0.05, 0.1) is 5.75 Å². The first-order valence-electron chi connectivity index (χ1n) is 3.44. The van der Waals surface area contributed by atoms with E-state index >= 15 is 0 Å². The van der Waals surface area contributed by atoms with Gasteiger partial charge in [-0.25, -0.2) is 13.1 Å². The lowest BCUT2D eigenvalue weighted by Crippen LogP contribution is -2.36. The predicted octanol–water partition coefficient (Wildman–Crippen LogP) is -0.479. The fourth-order valence-corrected chi connectivity index (χ4v) is 1.94. The van der Waals surface area contributed by atoms with E-state index in [1.54, 1.807) is 0 Å². The van der Waals surface area contributed by atoms with Crippen molar-refractivity contribution >= 4 is 10.0 Å². The van der Waals surface area contributed by atoms with Crippen molar-refractivity contribution in [1.82, 2.24) is 4.72 Å². The predicted molar refractivity (Wildman–Crippen MR) is 45.7 cm³/mol. The molecular weight excluding hydrogens is 164 g/mol. The first-order valence-corrected chi connectivity index (χ1v) is 5.09. The number of nitrogens with one attached hydrogen (secondary N) is 1. The Balaban J connectivity index is 4.26. The summed E-state index contributed by atoms with van der Waals surface area (Å²) in [5.74, 6) is 0.0764. The SMILES string of the molecule is CNS(=O)(=O)CC(C)(C)CN. The molecule has 0 rings (SSSR count). The minimum absolute atomic E-state index is 0.0764. The third-order valence-corrected chi connectivity index (χ3v) is 3.23. The minimum atomic E-state index is -3.12. The third-order valence-electron chi connectivity index (χ3n) is 1.44. The highest BCUT2D eigenvalue weighted by Crippen LogP contribution is 2.14. The van der Waals surface area contributed by atoms with Crippen molar-refractivity contribution in [3.05, 3.63) is 0 Å². The Labute approximate surface area is 68.2 Å². The highest BCUT2D eigenvalue weighted by Gasteiger charge is 2.23. The zero-order valence-electron chi connectivity index (χ0n) is 7.22. The van der Waals surface area contributed by atoms with E-state index in [2.05, 4.69) is 4.72 Å². The molecule has 0 spiro atoms. The molecular formula is C6H16N2O2S. The zero-order chi connectivity index (χ0) is 9.12. The average molecular weight is 180 g/mol. The van der Waals surface area contributed by atoms with Crippen molar-refractivity contribution < 1.29 is 8.42 Å². The molecule has 0 aliphatic rings. The molecule has 0 aromatic heterocycles. The van der Waals surface area contributed by atoms with Gasteiger partial charge >= 0.3 is 0 Å². The van der Waals surface area contributed by atoms with Gasteiger partial charge in [0.25, 0.3) is 0 Å². The quantitative estimate of drug-likeness (QED) is 0.614. The van der Waals surface area contributed by atoms with E-state index in [9.17, 15) is 8.42 Å². The molecule has 0 atom stereocenters. The monoisotopic (exact) mass is 180 g/mol. The second-order valence-electron chi connectivity index (χ2n) is 3.33. The molecule has 68 valence electrons. The molecule has 11 heavy (non-hydrogen) atoms. The van der Waals surface area contributed by atoms with E-state index in [0.717, 1.165) is 0 Å². The average Bonchev–Trinajstić information content (AvgIpc) is 1.86. The molecule has 0 unspecified atom stereocenters. The Kier molecular flexibility index (Phi) is 3.47. The van der Waals surface area contributed by atoms with Gasteiger partial charge in [0.2, 0.25) is 10.0 Å². The zero-order valence-corrected chi connectivity index (χ0v) is 8.03. The van der Waals surface area contributed by atoms with Crippen molar-refractivity contribution in [1.29, 1.82) is 0 Å². The number of nitrogens with two attached hydrogens (primary N) is 1. The van der Waals surface area contributed by atoms with Crippen LogP contribution in [0, 0.1) is 5.41 Å². The van der Waals surface area contributed by atoms with Gasteiger partial charge in [-0.15, -0.1) is 0 Å². The fraction of sp³-hybridized carbons (Fsp3) is 1.00. The summed E-state index contributed by atoms with van der Waals surface area (Å²) in [6.07, 6.45) is 0. The summed E-state index contributed by atoms with van der Waals surface area (Å²) in [4.78, 5) is 0. The van der Waals surface area contributed by atoms with Crippen LogP contribution in [0.15, 0.2) is 0 Å². The Morgan fingerprint density at radius 3 is 2.18 bits per heavy atom. The van der Waals surface area contributed by atoms with E-state index in [-0.39, 0.29) is 11.2 Å². The van der Waals surface area contributed by atoms with Gasteiger partial charge in [0.15, 0.2) is 0 Å². The highest BCUT2D eigenvalue weighted by atomic mass is 32.2. The Hall–Kier alpha value is -0.130. The maximum Gasteiger partial charge on any atom is 0.211 e. The molecule has 0 radical (unpaired) electrons. The summed E-state index contributed by atoms with van der Waals surface area (Å²) in [5.41, 5.74) is 5.03. The van der Waals surface area contributed by atoms with Crippen LogP contribution < -0.4 is 10.5 Å². The summed E-state index contributed by atoms with van der Waals surface area (Å²) < 4.78 is 24.3. The Morgan fingerprint density at radius 2 is 1.91 bits per heavy atom. The van der Waals surface area contributed by atoms with Crippen LogP contribution in [0.2, 0.25) is 0 Å². The summed E-state index contributed by atoms with van der Waals surface area (Å²) in [6, 6.07) is 0. The van der Waals surface area contributed by atoms with Crippen molar-refractivity contribution in [2.45, 2.75) is 13.8 Å². The summed E-state index contributed by atoms with van der Waals surface area (Å²) in [6.45, 7) is 4.01. The van der Waals surface area contributed by atoms with Crippen LogP contribution in [-0.4, -0.2) is 27.8 Å². The lowest BCUT2D eigenvalue weighted by molar-refractivity contribution is 0.423. The van der Waals surface area contributed by atoms with Crippen LogP contribution in [0.4, 0.5) is 0 Å². The smallest absolute Gasteiger partial charge is 0.211 e. The molecule has 0 fully saturated rings. The largest absolute Gasteiger partial charge is 0.330 e. The third kappa shape index (κ3) is 4.34. The Morgan fingerprint density at radius 1 is 1.45 bits per heavy atom. The van der Waals surface area contributed by atoms with E-state index in [1.165, 1.54) is 7.05 Å². The molecule has 3 N–H and O–H groups in total. The molecule has 5 heteroatoms. The maximum absolute atomic E-state index is 11.0. The van der Waals surface area contributed by atoms with E-state index in [4.69, 9.17) is 5.73 Å². The van der Waals surface area contributed by atoms with Crippen LogP contribution in [0.5, 0.6) is 0 Å². The van der Waals surface area contributed by atoms with Crippen LogP contribution in [-0.2, 0) is 10.0 Å². The topological polar surface area (TPSA) is 72.2 Å². The first kappa shape index (κ1) is 10.9. The van der Waals surface area contributed by atoms with E-state index in [0.29, 0.717) is 6.54 Å². The van der Waals surface area contributed by atoms with Gasteiger partial charge in [-0.1, -0.05) is 13.8 Å². The fourth-order valence-electron chi connectivity index (χ4n) is 0.645. The molecule has 4 nitrogen and oxygen atoms in total. The lowest BCUT2D eigenvalue weighted by atomic mass is 9.97.